The number of ether oxygens (including phenoxy) is 1. The maximum atomic E-state index is 12.6. The lowest BCUT2D eigenvalue weighted by Crippen LogP contribution is -2.34. The summed E-state index contributed by atoms with van der Waals surface area (Å²) >= 11 is 5.27. The van der Waals surface area contributed by atoms with Crippen molar-refractivity contribution in [3.8, 4) is 5.75 Å². The molecule has 0 spiro atoms. The number of nitrogens with one attached hydrogen (secondary N) is 3. The van der Waals surface area contributed by atoms with Crippen LogP contribution < -0.4 is 20.7 Å². The van der Waals surface area contributed by atoms with Crippen molar-refractivity contribution >= 4 is 40.5 Å². The number of carbonyl (C=O) groups is 2. The molecule has 34 heavy (non-hydrogen) atoms. The van der Waals surface area contributed by atoms with Crippen molar-refractivity contribution in [3.63, 3.8) is 0 Å². The molecule has 0 aromatic heterocycles. The van der Waals surface area contributed by atoms with Crippen LogP contribution >= 0.6 is 12.2 Å². The van der Waals surface area contributed by atoms with Gasteiger partial charge in [-0.05, 0) is 78.7 Å². The standard InChI is InChI=1S/C27H29N3O3S/c1-5-33-23-9-7-6-8-22(23)25(32)30-26(34)29-21-16-14-20(15-17-21)28-24(31)18-10-12-19(13-11-18)27(2,3)4/h6-17H,5H2,1-4H3,(H,28,31)(H2,29,30,32,34). The largest absolute Gasteiger partial charge is 0.493 e. The molecule has 0 saturated carbocycles. The highest BCUT2D eigenvalue weighted by molar-refractivity contribution is 7.80. The zero-order chi connectivity index (χ0) is 24.7. The van der Waals surface area contributed by atoms with E-state index >= 15 is 0 Å². The summed E-state index contributed by atoms with van der Waals surface area (Å²) in [7, 11) is 0. The number of anilines is 2. The molecule has 3 aromatic rings. The van der Waals surface area contributed by atoms with Gasteiger partial charge in [-0.2, -0.15) is 0 Å². The number of rotatable bonds is 6. The van der Waals surface area contributed by atoms with Gasteiger partial charge in [-0.15, -0.1) is 0 Å². The predicted octanol–water partition coefficient (Wildman–Crippen LogP) is 5.76. The van der Waals surface area contributed by atoms with Crippen LogP contribution in [-0.2, 0) is 5.41 Å². The maximum absolute atomic E-state index is 12.6. The lowest BCUT2D eigenvalue weighted by molar-refractivity contribution is 0.0972. The van der Waals surface area contributed by atoms with Crippen LogP contribution in [0.2, 0.25) is 0 Å². The highest BCUT2D eigenvalue weighted by atomic mass is 32.1. The first-order valence-corrected chi connectivity index (χ1v) is 11.4. The summed E-state index contributed by atoms with van der Waals surface area (Å²) < 4.78 is 5.50. The van der Waals surface area contributed by atoms with Crippen molar-refractivity contribution in [1.29, 1.82) is 0 Å². The number of thiocarbonyl (C=S) groups is 1. The minimum atomic E-state index is -0.358. The second-order valence-corrected chi connectivity index (χ2v) is 9.10. The van der Waals surface area contributed by atoms with E-state index in [2.05, 4.69) is 36.7 Å². The molecule has 0 heterocycles. The molecular weight excluding hydrogens is 446 g/mol. The van der Waals surface area contributed by atoms with Crippen molar-refractivity contribution in [2.45, 2.75) is 33.1 Å². The highest BCUT2D eigenvalue weighted by Crippen LogP contribution is 2.23. The molecule has 0 aliphatic heterocycles. The molecular formula is C27H29N3O3S. The Balaban J connectivity index is 1.57. The van der Waals surface area contributed by atoms with E-state index in [9.17, 15) is 9.59 Å². The Bertz CT molecular complexity index is 1170. The molecule has 6 nitrogen and oxygen atoms in total. The van der Waals surface area contributed by atoms with E-state index in [-0.39, 0.29) is 22.3 Å². The normalized spacial score (nSPS) is 10.8. The first-order chi connectivity index (χ1) is 16.2. The molecule has 3 aromatic carbocycles. The zero-order valence-corrected chi connectivity index (χ0v) is 20.6. The van der Waals surface area contributed by atoms with Gasteiger partial charge in [0, 0.05) is 16.9 Å². The van der Waals surface area contributed by atoms with Crippen molar-refractivity contribution < 1.29 is 14.3 Å². The summed E-state index contributed by atoms with van der Waals surface area (Å²) in [5.74, 6) is -0.0433. The molecule has 0 atom stereocenters. The van der Waals surface area contributed by atoms with E-state index in [0.29, 0.717) is 34.9 Å². The maximum Gasteiger partial charge on any atom is 0.261 e. The average molecular weight is 476 g/mol. The van der Waals surface area contributed by atoms with Gasteiger partial charge in [-0.25, -0.2) is 0 Å². The summed E-state index contributed by atoms with van der Waals surface area (Å²) in [5.41, 5.74) is 3.52. The van der Waals surface area contributed by atoms with E-state index in [0.717, 1.165) is 0 Å². The Labute approximate surface area is 205 Å². The fraction of sp³-hybridized carbons (Fsp3) is 0.222. The topological polar surface area (TPSA) is 79.5 Å². The monoisotopic (exact) mass is 475 g/mol. The van der Waals surface area contributed by atoms with Gasteiger partial charge in [0.2, 0.25) is 0 Å². The molecule has 2 amide bonds. The molecule has 176 valence electrons. The van der Waals surface area contributed by atoms with Crippen LogP contribution in [0.3, 0.4) is 0 Å². The Morgan fingerprint density at radius 3 is 2.00 bits per heavy atom. The number of hydrogen-bond acceptors (Lipinski definition) is 4. The van der Waals surface area contributed by atoms with E-state index in [1.807, 2.05) is 31.2 Å². The zero-order valence-electron chi connectivity index (χ0n) is 19.8. The summed E-state index contributed by atoms with van der Waals surface area (Å²) in [4.78, 5) is 25.1. The third-order valence-corrected chi connectivity index (χ3v) is 5.28. The smallest absolute Gasteiger partial charge is 0.261 e. The molecule has 0 unspecified atom stereocenters. The predicted molar refractivity (Wildman–Crippen MR) is 141 cm³/mol. The fourth-order valence-electron chi connectivity index (χ4n) is 3.23. The van der Waals surface area contributed by atoms with Crippen LogP contribution in [0.1, 0.15) is 54.0 Å². The Morgan fingerprint density at radius 2 is 1.41 bits per heavy atom. The van der Waals surface area contributed by atoms with E-state index < -0.39 is 0 Å². The quantitative estimate of drug-likeness (QED) is 0.395. The molecule has 0 aliphatic carbocycles. The van der Waals surface area contributed by atoms with Gasteiger partial charge in [-0.3, -0.25) is 14.9 Å². The van der Waals surface area contributed by atoms with E-state index in [1.165, 1.54) is 5.56 Å². The molecule has 0 bridgehead atoms. The Morgan fingerprint density at radius 1 is 0.824 bits per heavy atom. The lowest BCUT2D eigenvalue weighted by atomic mass is 9.87. The Kier molecular flexibility index (Phi) is 8.02. The molecule has 0 fully saturated rings. The number of benzene rings is 3. The fourth-order valence-corrected chi connectivity index (χ4v) is 3.44. The second-order valence-electron chi connectivity index (χ2n) is 8.70. The summed E-state index contributed by atoms with van der Waals surface area (Å²) in [5, 5.41) is 8.68. The van der Waals surface area contributed by atoms with Crippen LogP contribution in [-0.4, -0.2) is 23.5 Å². The van der Waals surface area contributed by atoms with Gasteiger partial charge in [-0.1, -0.05) is 45.0 Å². The average Bonchev–Trinajstić information content (AvgIpc) is 2.80. The molecule has 3 rings (SSSR count). The van der Waals surface area contributed by atoms with Crippen molar-refractivity contribution in [2.75, 3.05) is 17.2 Å². The molecule has 3 N–H and O–H groups in total. The molecule has 0 saturated heterocycles. The first kappa shape index (κ1) is 24.9. The van der Waals surface area contributed by atoms with Crippen LogP contribution in [0.25, 0.3) is 0 Å². The van der Waals surface area contributed by atoms with Crippen LogP contribution in [0.15, 0.2) is 72.8 Å². The number of amides is 2. The minimum Gasteiger partial charge on any atom is -0.493 e. The molecule has 0 radical (unpaired) electrons. The van der Waals surface area contributed by atoms with Crippen LogP contribution in [0.5, 0.6) is 5.75 Å². The number of para-hydroxylation sites is 1. The van der Waals surface area contributed by atoms with Crippen molar-refractivity contribution in [2.24, 2.45) is 0 Å². The minimum absolute atomic E-state index is 0.0323. The van der Waals surface area contributed by atoms with Gasteiger partial charge < -0.3 is 15.4 Å². The number of carbonyl (C=O) groups excluding carboxylic acids is 2. The van der Waals surface area contributed by atoms with Crippen LogP contribution in [0, 0.1) is 0 Å². The third kappa shape index (κ3) is 6.65. The lowest BCUT2D eigenvalue weighted by Gasteiger charge is -2.19. The summed E-state index contributed by atoms with van der Waals surface area (Å²) in [6.45, 7) is 8.71. The third-order valence-electron chi connectivity index (χ3n) is 5.07. The van der Waals surface area contributed by atoms with E-state index in [1.54, 1.807) is 48.5 Å². The summed E-state index contributed by atoms with van der Waals surface area (Å²) in [6.07, 6.45) is 0. The van der Waals surface area contributed by atoms with Gasteiger partial charge in [0.25, 0.3) is 11.8 Å². The van der Waals surface area contributed by atoms with Gasteiger partial charge in [0.05, 0.1) is 12.2 Å². The second kappa shape index (κ2) is 10.9. The molecule has 7 heteroatoms. The SMILES string of the molecule is CCOc1ccccc1C(=O)NC(=S)Nc1ccc(NC(=O)c2ccc(C(C)(C)C)cc2)cc1. The van der Waals surface area contributed by atoms with Gasteiger partial charge in [0.1, 0.15) is 5.75 Å². The van der Waals surface area contributed by atoms with Crippen molar-refractivity contribution in [3.05, 3.63) is 89.5 Å². The number of hydrogen-bond donors (Lipinski definition) is 3. The van der Waals surface area contributed by atoms with Gasteiger partial charge in [0.15, 0.2) is 5.11 Å². The van der Waals surface area contributed by atoms with Crippen LogP contribution in [0.4, 0.5) is 11.4 Å². The van der Waals surface area contributed by atoms with Gasteiger partial charge >= 0.3 is 0 Å². The van der Waals surface area contributed by atoms with Crippen molar-refractivity contribution in [1.82, 2.24) is 5.32 Å². The summed E-state index contributed by atoms with van der Waals surface area (Å²) in [6, 6.07) is 21.7. The Hall–Kier alpha value is -3.71. The molecule has 0 aliphatic rings. The first-order valence-electron chi connectivity index (χ1n) is 11.0. The van der Waals surface area contributed by atoms with E-state index in [4.69, 9.17) is 17.0 Å². The highest BCUT2D eigenvalue weighted by Gasteiger charge is 2.15.